The second-order valence-electron chi connectivity index (χ2n) is 1.69. The predicted octanol–water partition coefficient (Wildman–Crippen LogP) is -0.181. The van der Waals surface area contributed by atoms with E-state index in [9.17, 15) is 13.6 Å². The molecule has 0 fully saturated rings. The van der Waals surface area contributed by atoms with Crippen molar-refractivity contribution in [2.75, 3.05) is 12.9 Å². The molecule has 0 aliphatic carbocycles. The van der Waals surface area contributed by atoms with E-state index in [1.807, 2.05) is 0 Å². The van der Waals surface area contributed by atoms with Gasteiger partial charge in [-0.2, -0.15) is 0 Å². The smallest absolute Gasteiger partial charge is 0.305 e. The Hall–Kier alpha value is -0.420. The van der Waals surface area contributed by atoms with Gasteiger partial charge in [-0.25, -0.2) is 0 Å². The molecule has 0 aliphatic rings. The van der Waals surface area contributed by atoms with Crippen LogP contribution in [0.1, 0.15) is 12.8 Å². The van der Waals surface area contributed by atoms with Gasteiger partial charge < -0.3 is 9.29 Å². The molecule has 0 N–H and O–H groups in total. The molecular weight excluding hydrogens is 156 g/mol. The minimum absolute atomic E-state index is 0.0229. The molecule has 5 heteroatoms. The highest BCUT2D eigenvalue weighted by Gasteiger charge is 1.97. The summed E-state index contributed by atoms with van der Waals surface area (Å²) in [6.07, 6.45) is 0.507. The highest BCUT2D eigenvalue weighted by molar-refractivity contribution is 7.79. The standard InChI is InChI=1S/C5H10O4S/c1-9-5(6)3-2-4-10(7)8/h2-4H2,1H3,(H,7,8)/p-1. The first-order valence-electron chi connectivity index (χ1n) is 2.79. The van der Waals surface area contributed by atoms with E-state index in [-0.39, 0.29) is 18.1 Å². The molecule has 0 aromatic carbocycles. The summed E-state index contributed by atoms with van der Waals surface area (Å²) in [4.78, 5) is 10.4. The molecule has 0 aliphatic heterocycles. The zero-order valence-electron chi connectivity index (χ0n) is 5.66. The Morgan fingerprint density at radius 1 is 1.70 bits per heavy atom. The number of carbonyl (C=O) groups excluding carboxylic acids is 1. The van der Waals surface area contributed by atoms with Gasteiger partial charge >= 0.3 is 5.97 Å². The molecule has 0 saturated carbocycles. The van der Waals surface area contributed by atoms with Crippen molar-refractivity contribution < 1.29 is 18.3 Å². The van der Waals surface area contributed by atoms with Crippen LogP contribution in [0.2, 0.25) is 0 Å². The third-order valence-corrected chi connectivity index (χ3v) is 1.54. The summed E-state index contributed by atoms with van der Waals surface area (Å²) in [6.45, 7) is 0. The minimum Gasteiger partial charge on any atom is -0.772 e. The molecule has 4 nitrogen and oxygen atoms in total. The van der Waals surface area contributed by atoms with Gasteiger partial charge in [0.2, 0.25) is 0 Å². The lowest BCUT2D eigenvalue weighted by molar-refractivity contribution is -0.140. The first-order valence-corrected chi connectivity index (χ1v) is 4.04. The molecule has 60 valence electrons. The van der Waals surface area contributed by atoms with Gasteiger partial charge in [-0.05, 0) is 6.42 Å². The summed E-state index contributed by atoms with van der Waals surface area (Å²) >= 11 is -2.04. The van der Waals surface area contributed by atoms with Gasteiger partial charge in [0.05, 0.1) is 7.11 Å². The van der Waals surface area contributed by atoms with Crippen molar-refractivity contribution >= 4 is 17.0 Å². The van der Waals surface area contributed by atoms with Crippen LogP contribution < -0.4 is 0 Å². The largest absolute Gasteiger partial charge is 0.772 e. The molecule has 0 aromatic heterocycles. The second-order valence-corrected chi connectivity index (χ2v) is 2.70. The minimum atomic E-state index is -2.04. The van der Waals surface area contributed by atoms with Crippen molar-refractivity contribution in [1.82, 2.24) is 0 Å². The van der Waals surface area contributed by atoms with E-state index in [0.29, 0.717) is 6.42 Å². The normalized spacial score (nSPS) is 12.6. The molecule has 0 rings (SSSR count). The number of carbonyl (C=O) groups is 1. The van der Waals surface area contributed by atoms with Crippen LogP contribution in [0, 0.1) is 0 Å². The van der Waals surface area contributed by atoms with Gasteiger partial charge in [0, 0.05) is 12.2 Å². The quantitative estimate of drug-likeness (QED) is 0.428. The first kappa shape index (κ1) is 9.58. The van der Waals surface area contributed by atoms with Gasteiger partial charge in [0.1, 0.15) is 0 Å². The molecule has 10 heavy (non-hydrogen) atoms. The van der Waals surface area contributed by atoms with Crippen LogP contribution in [-0.4, -0.2) is 27.6 Å². The average Bonchev–Trinajstić information content (AvgIpc) is 1.87. The van der Waals surface area contributed by atoms with Crippen LogP contribution >= 0.6 is 0 Å². The molecule has 0 amide bonds. The van der Waals surface area contributed by atoms with Gasteiger partial charge in [0.25, 0.3) is 0 Å². The molecule has 1 unspecified atom stereocenters. The Balaban J connectivity index is 3.20. The Bertz CT molecular complexity index is 134. The molecule has 0 aromatic rings. The first-order chi connectivity index (χ1) is 4.66. The van der Waals surface area contributed by atoms with Gasteiger partial charge in [-0.15, -0.1) is 0 Å². The van der Waals surface area contributed by atoms with E-state index >= 15 is 0 Å². The van der Waals surface area contributed by atoms with Gasteiger partial charge in [0.15, 0.2) is 0 Å². The highest BCUT2D eigenvalue weighted by Crippen LogP contribution is 1.92. The maximum Gasteiger partial charge on any atom is 0.305 e. The van der Waals surface area contributed by atoms with E-state index < -0.39 is 11.1 Å². The fourth-order valence-electron chi connectivity index (χ4n) is 0.436. The van der Waals surface area contributed by atoms with Crippen molar-refractivity contribution in [3.63, 3.8) is 0 Å². The van der Waals surface area contributed by atoms with Crippen molar-refractivity contribution in [1.29, 1.82) is 0 Å². The molecule has 0 bridgehead atoms. The van der Waals surface area contributed by atoms with E-state index in [2.05, 4.69) is 4.74 Å². The number of hydrogen-bond acceptors (Lipinski definition) is 4. The number of hydrogen-bond donors (Lipinski definition) is 0. The van der Waals surface area contributed by atoms with Crippen molar-refractivity contribution in [3.05, 3.63) is 0 Å². The fraction of sp³-hybridized carbons (Fsp3) is 0.800. The average molecular weight is 165 g/mol. The summed E-state index contributed by atoms with van der Waals surface area (Å²) in [7, 11) is 1.27. The molecule has 0 radical (unpaired) electrons. The Morgan fingerprint density at radius 2 is 2.30 bits per heavy atom. The number of methoxy groups -OCH3 is 1. The lowest BCUT2D eigenvalue weighted by atomic mass is 10.3. The summed E-state index contributed by atoms with van der Waals surface area (Å²) < 4.78 is 24.1. The van der Waals surface area contributed by atoms with E-state index in [0.717, 1.165) is 0 Å². The predicted molar refractivity (Wildman–Crippen MR) is 35.0 cm³/mol. The van der Waals surface area contributed by atoms with Crippen molar-refractivity contribution in [3.8, 4) is 0 Å². The van der Waals surface area contributed by atoms with E-state index in [1.54, 1.807) is 0 Å². The Labute approximate surface area is 61.9 Å². The lowest BCUT2D eigenvalue weighted by Gasteiger charge is -2.02. The third-order valence-electron chi connectivity index (χ3n) is 0.920. The van der Waals surface area contributed by atoms with Crippen molar-refractivity contribution in [2.24, 2.45) is 0 Å². The summed E-state index contributed by atoms with van der Waals surface area (Å²) in [5.41, 5.74) is 0. The monoisotopic (exact) mass is 165 g/mol. The molecule has 0 heterocycles. The number of esters is 1. The van der Waals surface area contributed by atoms with Crippen molar-refractivity contribution in [2.45, 2.75) is 12.8 Å². The summed E-state index contributed by atoms with van der Waals surface area (Å²) in [6, 6.07) is 0. The zero-order valence-corrected chi connectivity index (χ0v) is 6.48. The van der Waals surface area contributed by atoms with Gasteiger partial charge in [-0.3, -0.25) is 9.00 Å². The fourth-order valence-corrected chi connectivity index (χ4v) is 0.816. The van der Waals surface area contributed by atoms with Crippen LogP contribution in [0.15, 0.2) is 0 Å². The molecule has 0 spiro atoms. The molecule has 1 atom stereocenters. The highest BCUT2D eigenvalue weighted by atomic mass is 32.2. The van der Waals surface area contributed by atoms with Crippen LogP contribution in [0.3, 0.4) is 0 Å². The van der Waals surface area contributed by atoms with E-state index in [4.69, 9.17) is 0 Å². The van der Waals surface area contributed by atoms with Crippen LogP contribution in [0.4, 0.5) is 0 Å². The maximum atomic E-state index is 10.4. The lowest BCUT2D eigenvalue weighted by Crippen LogP contribution is -2.03. The topological polar surface area (TPSA) is 66.4 Å². The molecule has 0 saturated heterocycles. The number of rotatable bonds is 4. The summed E-state index contributed by atoms with van der Waals surface area (Å²) in [5.74, 6) is -0.347. The second kappa shape index (κ2) is 5.37. The Kier molecular flexibility index (Phi) is 5.15. The Morgan fingerprint density at radius 3 is 2.70 bits per heavy atom. The number of ether oxygens (including phenoxy) is 1. The molecular formula is C5H9O4S-. The third kappa shape index (κ3) is 5.71. The summed E-state index contributed by atoms with van der Waals surface area (Å²) in [5, 5.41) is 0. The van der Waals surface area contributed by atoms with Crippen LogP contribution in [0.5, 0.6) is 0 Å². The maximum absolute atomic E-state index is 10.4. The van der Waals surface area contributed by atoms with Gasteiger partial charge in [-0.1, -0.05) is 11.1 Å². The van der Waals surface area contributed by atoms with Crippen LogP contribution in [0.25, 0.3) is 0 Å². The zero-order chi connectivity index (χ0) is 7.98. The van der Waals surface area contributed by atoms with Crippen LogP contribution in [-0.2, 0) is 20.6 Å². The SMILES string of the molecule is COC(=O)CCCS(=O)[O-]. The van der Waals surface area contributed by atoms with E-state index in [1.165, 1.54) is 7.11 Å².